The van der Waals surface area contributed by atoms with Crippen molar-refractivity contribution in [1.82, 2.24) is 0 Å². The second-order valence-corrected chi connectivity index (χ2v) is 3.84. The van der Waals surface area contributed by atoms with Crippen LogP contribution in [0.1, 0.15) is 19.3 Å². The smallest absolute Gasteiger partial charge is 0.257 e. The number of fused-ring (bicyclic) bond motifs is 1. The minimum absolute atomic E-state index is 0.0174. The Morgan fingerprint density at radius 2 is 2.13 bits per heavy atom. The molecule has 0 saturated heterocycles. The van der Waals surface area contributed by atoms with Crippen LogP contribution in [0, 0.1) is 11.8 Å². The van der Waals surface area contributed by atoms with Crippen molar-refractivity contribution in [1.29, 1.82) is 0 Å². The van der Waals surface area contributed by atoms with E-state index in [9.17, 15) is 9.59 Å². The molecular formula is C9H12N4O2. The van der Waals surface area contributed by atoms with Crippen LogP contribution >= 0.6 is 0 Å². The van der Waals surface area contributed by atoms with Crippen molar-refractivity contribution in [3.8, 4) is 0 Å². The van der Waals surface area contributed by atoms with Crippen LogP contribution in [0.5, 0.6) is 0 Å². The van der Waals surface area contributed by atoms with Gasteiger partial charge in [-0.05, 0) is 19.3 Å². The summed E-state index contributed by atoms with van der Waals surface area (Å²) in [5.74, 6) is -1.27. The molecule has 80 valence electrons. The maximum Gasteiger partial charge on any atom is 0.257 e. The van der Waals surface area contributed by atoms with Crippen LogP contribution in [0.4, 0.5) is 0 Å². The van der Waals surface area contributed by atoms with Crippen LogP contribution in [0.2, 0.25) is 0 Å². The van der Waals surface area contributed by atoms with Crippen molar-refractivity contribution in [3.05, 3.63) is 0 Å². The Balaban J connectivity index is 2.20. The van der Waals surface area contributed by atoms with Crippen LogP contribution in [-0.2, 0) is 9.59 Å². The average molecular weight is 208 g/mol. The molecule has 1 aliphatic heterocycles. The van der Waals surface area contributed by atoms with Crippen molar-refractivity contribution in [2.75, 3.05) is 0 Å². The van der Waals surface area contributed by atoms with Gasteiger partial charge in [0.2, 0.25) is 11.9 Å². The van der Waals surface area contributed by atoms with Crippen LogP contribution in [0.15, 0.2) is 9.98 Å². The molecule has 1 fully saturated rings. The van der Waals surface area contributed by atoms with Gasteiger partial charge in [0, 0.05) is 11.6 Å². The van der Waals surface area contributed by atoms with Gasteiger partial charge in [-0.15, -0.1) is 0 Å². The summed E-state index contributed by atoms with van der Waals surface area (Å²) in [6, 6.07) is 0. The third-order valence-electron chi connectivity index (χ3n) is 2.85. The lowest BCUT2D eigenvalue weighted by Gasteiger charge is -2.28. The van der Waals surface area contributed by atoms with E-state index in [2.05, 4.69) is 9.98 Å². The van der Waals surface area contributed by atoms with Gasteiger partial charge in [-0.3, -0.25) is 9.59 Å². The van der Waals surface area contributed by atoms with E-state index >= 15 is 0 Å². The third kappa shape index (κ3) is 1.74. The average Bonchev–Trinajstić information content (AvgIpc) is 2.16. The first-order valence-electron chi connectivity index (χ1n) is 4.82. The van der Waals surface area contributed by atoms with Gasteiger partial charge in [-0.1, -0.05) is 0 Å². The van der Waals surface area contributed by atoms with Crippen LogP contribution < -0.4 is 11.5 Å². The lowest BCUT2D eigenvalue weighted by atomic mass is 9.79. The first-order chi connectivity index (χ1) is 7.08. The lowest BCUT2D eigenvalue weighted by molar-refractivity contribution is -0.124. The highest BCUT2D eigenvalue weighted by Crippen LogP contribution is 2.29. The first kappa shape index (κ1) is 9.82. The zero-order chi connectivity index (χ0) is 11.0. The maximum absolute atomic E-state index is 11.5. The number of guanidine groups is 1. The van der Waals surface area contributed by atoms with Gasteiger partial charge in [-0.2, -0.15) is 4.99 Å². The molecule has 2 amide bonds. The molecule has 4 N–H and O–H groups in total. The molecule has 1 saturated carbocycles. The van der Waals surface area contributed by atoms with Gasteiger partial charge in [0.15, 0.2) is 0 Å². The number of hydrogen-bond acceptors (Lipinski definition) is 4. The Hall–Kier alpha value is -1.72. The zero-order valence-corrected chi connectivity index (χ0v) is 8.14. The molecule has 1 heterocycles. The highest BCUT2D eigenvalue weighted by molar-refractivity contribution is 6.15. The summed E-state index contributed by atoms with van der Waals surface area (Å²) in [5, 5.41) is 0. The second kappa shape index (κ2) is 3.45. The van der Waals surface area contributed by atoms with Crippen molar-refractivity contribution >= 4 is 23.5 Å². The summed E-state index contributed by atoms with van der Waals surface area (Å²) in [6.07, 6.45) is 1.66. The number of carbonyl (C=O) groups is 2. The van der Waals surface area contributed by atoms with E-state index in [1.807, 2.05) is 0 Å². The van der Waals surface area contributed by atoms with E-state index in [0.717, 1.165) is 5.71 Å². The predicted molar refractivity (Wildman–Crippen MR) is 54.1 cm³/mol. The summed E-state index contributed by atoms with van der Waals surface area (Å²) in [5.41, 5.74) is 11.3. The summed E-state index contributed by atoms with van der Waals surface area (Å²) >= 11 is 0. The number of carbonyl (C=O) groups excluding carboxylic acids is 2. The SMILES string of the molecule is NC(=O)C1CCC2=NC(N)=NC(=O)C2C1. The predicted octanol–water partition coefficient (Wildman–Crippen LogP) is -0.816. The Bertz CT molecular complexity index is 386. The standard InChI is InChI=1S/C9H12N4O2/c10-7(14)4-1-2-6-5(3-4)8(15)13-9(11)12-6/h4-5H,1-3H2,(H2,10,14)(H2,11,13,15). The Morgan fingerprint density at radius 3 is 2.80 bits per heavy atom. The third-order valence-corrected chi connectivity index (χ3v) is 2.85. The number of hydrogen-bond donors (Lipinski definition) is 2. The molecule has 0 spiro atoms. The molecular weight excluding hydrogens is 196 g/mol. The van der Waals surface area contributed by atoms with Crippen LogP contribution in [-0.4, -0.2) is 23.5 Å². The van der Waals surface area contributed by atoms with Crippen molar-refractivity contribution in [2.45, 2.75) is 19.3 Å². The first-order valence-corrected chi connectivity index (χ1v) is 4.82. The number of rotatable bonds is 1. The number of amides is 2. The van der Waals surface area contributed by atoms with Crippen molar-refractivity contribution in [2.24, 2.45) is 33.3 Å². The molecule has 0 aromatic rings. The van der Waals surface area contributed by atoms with Crippen LogP contribution in [0.3, 0.4) is 0 Å². The van der Waals surface area contributed by atoms with E-state index in [4.69, 9.17) is 11.5 Å². The second-order valence-electron chi connectivity index (χ2n) is 3.84. The van der Waals surface area contributed by atoms with Gasteiger partial charge in [0.1, 0.15) is 0 Å². The highest BCUT2D eigenvalue weighted by Gasteiger charge is 2.36. The number of nitrogens with zero attached hydrogens (tertiary/aromatic N) is 2. The van der Waals surface area contributed by atoms with E-state index in [-0.39, 0.29) is 29.6 Å². The molecule has 1 aliphatic carbocycles. The molecule has 0 bridgehead atoms. The van der Waals surface area contributed by atoms with Crippen LogP contribution in [0.25, 0.3) is 0 Å². The fourth-order valence-electron chi connectivity index (χ4n) is 2.03. The fourth-order valence-corrected chi connectivity index (χ4v) is 2.03. The lowest BCUT2D eigenvalue weighted by Crippen LogP contribution is -2.39. The summed E-state index contributed by atoms with van der Waals surface area (Å²) in [7, 11) is 0. The normalized spacial score (nSPS) is 30.3. The topological polar surface area (TPSA) is 111 Å². The molecule has 2 atom stereocenters. The van der Waals surface area contributed by atoms with Crippen molar-refractivity contribution < 1.29 is 9.59 Å². The van der Waals surface area contributed by atoms with E-state index in [1.165, 1.54) is 0 Å². The molecule has 15 heavy (non-hydrogen) atoms. The molecule has 2 aliphatic rings. The van der Waals surface area contributed by atoms with E-state index in [0.29, 0.717) is 19.3 Å². The van der Waals surface area contributed by atoms with Gasteiger partial charge in [-0.25, -0.2) is 4.99 Å². The van der Waals surface area contributed by atoms with Gasteiger partial charge in [0.25, 0.3) is 5.91 Å². The molecule has 6 heteroatoms. The van der Waals surface area contributed by atoms with E-state index in [1.54, 1.807) is 0 Å². The quantitative estimate of drug-likeness (QED) is 0.587. The minimum atomic E-state index is -0.386. The minimum Gasteiger partial charge on any atom is -0.369 e. The molecule has 0 aromatic carbocycles. The zero-order valence-electron chi connectivity index (χ0n) is 8.14. The monoisotopic (exact) mass is 208 g/mol. The number of aliphatic imine (C=N–C) groups is 2. The summed E-state index contributed by atoms with van der Waals surface area (Å²) in [4.78, 5) is 30.1. The van der Waals surface area contributed by atoms with Gasteiger partial charge in [0.05, 0.1) is 5.92 Å². The Labute approximate surface area is 86.4 Å². The van der Waals surface area contributed by atoms with Crippen molar-refractivity contribution in [3.63, 3.8) is 0 Å². The molecule has 0 radical (unpaired) electrons. The fraction of sp³-hybridized carbons (Fsp3) is 0.556. The Kier molecular flexibility index (Phi) is 2.26. The number of nitrogens with two attached hydrogens (primary N) is 2. The van der Waals surface area contributed by atoms with Gasteiger partial charge >= 0.3 is 0 Å². The molecule has 6 nitrogen and oxygen atoms in total. The summed E-state index contributed by atoms with van der Waals surface area (Å²) < 4.78 is 0. The highest BCUT2D eigenvalue weighted by atomic mass is 16.2. The molecule has 2 unspecified atom stereocenters. The largest absolute Gasteiger partial charge is 0.369 e. The summed E-state index contributed by atoms with van der Waals surface area (Å²) in [6.45, 7) is 0. The number of primary amides is 1. The maximum atomic E-state index is 11.5. The molecule has 2 rings (SSSR count). The van der Waals surface area contributed by atoms with E-state index < -0.39 is 0 Å². The molecule has 0 aromatic heterocycles. The van der Waals surface area contributed by atoms with Gasteiger partial charge < -0.3 is 11.5 Å². The Morgan fingerprint density at radius 1 is 1.40 bits per heavy atom.